The molecule has 0 spiro atoms. The summed E-state index contributed by atoms with van der Waals surface area (Å²) in [5, 5.41) is 1.94. The Morgan fingerprint density at radius 1 is 1.10 bits per heavy atom. The lowest BCUT2D eigenvalue weighted by Crippen LogP contribution is -2.52. The van der Waals surface area contributed by atoms with Crippen molar-refractivity contribution in [3.8, 4) is 0 Å². The van der Waals surface area contributed by atoms with Gasteiger partial charge in [0.2, 0.25) is 0 Å². The molecule has 0 saturated heterocycles. The van der Waals surface area contributed by atoms with E-state index in [0.717, 1.165) is 5.92 Å². The molecule has 2 heterocycles. The van der Waals surface area contributed by atoms with Crippen LogP contribution in [0.25, 0.3) is 0 Å². The smallest absolute Gasteiger partial charge is 0.0652 e. The highest BCUT2D eigenvalue weighted by molar-refractivity contribution is 6.93. The van der Waals surface area contributed by atoms with Gasteiger partial charge in [0.1, 0.15) is 0 Å². The van der Waals surface area contributed by atoms with Crippen molar-refractivity contribution in [2.45, 2.75) is 89.3 Å². The second kappa shape index (κ2) is 3.85. The van der Waals surface area contributed by atoms with E-state index in [0.29, 0.717) is 10.8 Å². The van der Waals surface area contributed by atoms with Gasteiger partial charge in [0.25, 0.3) is 0 Å². The summed E-state index contributed by atoms with van der Waals surface area (Å²) in [4.78, 5) is 0. The molecule has 0 fully saturated rings. The number of benzene rings is 1. The first kappa shape index (κ1) is 14.1. The van der Waals surface area contributed by atoms with Crippen LogP contribution in [-0.4, -0.2) is 8.07 Å². The molecule has 2 aliphatic heterocycles. The summed E-state index contributed by atoms with van der Waals surface area (Å²) in [6, 6.07) is 5.67. The summed E-state index contributed by atoms with van der Waals surface area (Å²) < 4.78 is 0. The van der Waals surface area contributed by atoms with E-state index in [1.807, 2.05) is 10.8 Å². The van der Waals surface area contributed by atoms with Crippen LogP contribution in [0.2, 0.25) is 18.6 Å². The maximum absolute atomic E-state index is 2.70. The molecule has 0 N–H and O–H groups in total. The molecule has 1 aliphatic carbocycles. The van der Waals surface area contributed by atoms with Crippen LogP contribution in [0.4, 0.5) is 0 Å². The molecule has 4 rings (SSSR count). The minimum atomic E-state index is -1.20. The number of rotatable bonds is 0. The lowest BCUT2D eigenvalue weighted by molar-refractivity contribution is 0.405. The van der Waals surface area contributed by atoms with Crippen LogP contribution in [0.15, 0.2) is 6.07 Å². The standard InChI is InChI=1S/C20H30Si/c1-13-11-15-16-14(7-8-19(15,2)3)12-21(6)10-9-20(4,5)17(13)18(16)21/h11,14H,7-10,12H2,1-6H3. The third-order valence-corrected chi connectivity index (χ3v) is 11.6. The molecule has 2 atom stereocenters. The molecule has 114 valence electrons. The van der Waals surface area contributed by atoms with Crippen molar-refractivity contribution in [3.63, 3.8) is 0 Å². The van der Waals surface area contributed by atoms with Gasteiger partial charge in [0.05, 0.1) is 8.07 Å². The predicted octanol–water partition coefficient (Wildman–Crippen LogP) is 5.13. The van der Waals surface area contributed by atoms with Gasteiger partial charge in [0.15, 0.2) is 0 Å². The normalized spacial score (nSPS) is 34.7. The summed E-state index contributed by atoms with van der Waals surface area (Å²) in [5.74, 6) is 0.910. The second-order valence-corrected chi connectivity index (χ2v) is 14.2. The van der Waals surface area contributed by atoms with Gasteiger partial charge >= 0.3 is 0 Å². The first-order valence-electron chi connectivity index (χ1n) is 8.85. The average Bonchev–Trinajstić information content (AvgIpc) is 2.67. The Labute approximate surface area is 131 Å². The summed E-state index contributed by atoms with van der Waals surface area (Å²) in [5.41, 5.74) is 7.76. The fourth-order valence-corrected chi connectivity index (χ4v) is 11.4. The Morgan fingerprint density at radius 2 is 1.81 bits per heavy atom. The van der Waals surface area contributed by atoms with Crippen molar-refractivity contribution < 1.29 is 0 Å². The third kappa shape index (κ3) is 1.67. The molecular weight excluding hydrogens is 268 g/mol. The molecular formula is C20H30Si. The SMILES string of the molecule is Cc1cc2c3c4c1C(C)(C)CC[Si]4(C)CC3CCC2(C)C. The molecule has 0 bridgehead atoms. The second-order valence-electron chi connectivity index (χ2n) is 9.67. The molecule has 0 radical (unpaired) electrons. The summed E-state index contributed by atoms with van der Waals surface area (Å²) in [6.07, 6.45) is 4.24. The molecule has 0 amide bonds. The minimum Gasteiger partial charge on any atom is -0.0652 e. The Morgan fingerprint density at radius 3 is 2.52 bits per heavy atom. The van der Waals surface area contributed by atoms with Crippen LogP contribution >= 0.6 is 0 Å². The van der Waals surface area contributed by atoms with Crippen LogP contribution in [0, 0.1) is 6.92 Å². The number of hydrogen-bond donors (Lipinski definition) is 0. The largest absolute Gasteiger partial charge is 0.0851 e. The Balaban J connectivity index is 2.11. The van der Waals surface area contributed by atoms with Crippen molar-refractivity contribution in [3.05, 3.63) is 28.3 Å². The highest BCUT2D eigenvalue weighted by Gasteiger charge is 2.52. The van der Waals surface area contributed by atoms with E-state index >= 15 is 0 Å². The zero-order valence-corrected chi connectivity index (χ0v) is 15.7. The maximum atomic E-state index is 2.70. The van der Waals surface area contributed by atoms with Crippen molar-refractivity contribution >= 4 is 13.3 Å². The average molecular weight is 299 g/mol. The molecule has 21 heavy (non-hydrogen) atoms. The molecule has 1 heteroatoms. The van der Waals surface area contributed by atoms with E-state index in [9.17, 15) is 0 Å². The Bertz CT molecular complexity index is 638. The lowest BCUT2D eigenvalue weighted by atomic mass is 9.66. The first-order valence-corrected chi connectivity index (χ1v) is 11.8. The van der Waals surface area contributed by atoms with Crippen molar-refractivity contribution in [1.29, 1.82) is 0 Å². The zero-order chi connectivity index (χ0) is 15.2. The number of aryl methyl sites for hydroxylation is 1. The highest BCUT2D eigenvalue weighted by atomic mass is 28.3. The van der Waals surface area contributed by atoms with E-state index in [4.69, 9.17) is 0 Å². The molecule has 1 aromatic carbocycles. The van der Waals surface area contributed by atoms with Gasteiger partial charge in [-0.1, -0.05) is 51.5 Å². The Hall–Kier alpha value is -0.563. The van der Waals surface area contributed by atoms with Crippen molar-refractivity contribution in [2.24, 2.45) is 0 Å². The molecule has 0 saturated carbocycles. The first-order chi connectivity index (χ1) is 9.66. The predicted molar refractivity (Wildman–Crippen MR) is 94.7 cm³/mol. The van der Waals surface area contributed by atoms with E-state index in [-0.39, 0.29) is 0 Å². The zero-order valence-electron chi connectivity index (χ0n) is 14.7. The molecule has 3 aliphatic rings. The molecule has 0 nitrogen and oxygen atoms in total. The van der Waals surface area contributed by atoms with Gasteiger partial charge in [-0.2, -0.15) is 0 Å². The van der Waals surface area contributed by atoms with Crippen molar-refractivity contribution in [2.75, 3.05) is 0 Å². The van der Waals surface area contributed by atoms with Gasteiger partial charge in [-0.3, -0.25) is 0 Å². The third-order valence-electron chi connectivity index (χ3n) is 7.10. The fraction of sp³-hybridized carbons (Fsp3) is 0.700. The topological polar surface area (TPSA) is 0 Å². The minimum absolute atomic E-state index is 0.396. The van der Waals surface area contributed by atoms with Crippen LogP contribution in [-0.2, 0) is 10.8 Å². The van der Waals surface area contributed by atoms with E-state index < -0.39 is 8.07 Å². The molecule has 2 unspecified atom stereocenters. The monoisotopic (exact) mass is 298 g/mol. The number of hydrogen-bond acceptors (Lipinski definition) is 0. The fourth-order valence-electron chi connectivity index (χ4n) is 5.92. The van der Waals surface area contributed by atoms with Gasteiger partial charge in [0, 0.05) is 0 Å². The maximum Gasteiger partial charge on any atom is 0.0851 e. The van der Waals surface area contributed by atoms with Crippen LogP contribution in [0.1, 0.15) is 75.1 Å². The highest BCUT2D eigenvalue weighted by Crippen LogP contribution is 2.54. The lowest BCUT2D eigenvalue weighted by Gasteiger charge is -2.43. The van der Waals surface area contributed by atoms with Crippen LogP contribution in [0.5, 0.6) is 0 Å². The Kier molecular flexibility index (Phi) is 2.58. The van der Waals surface area contributed by atoms with E-state index in [1.165, 1.54) is 25.3 Å². The van der Waals surface area contributed by atoms with Gasteiger partial charge < -0.3 is 0 Å². The van der Waals surface area contributed by atoms with Crippen LogP contribution < -0.4 is 5.19 Å². The van der Waals surface area contributed by atoms with Gasteiger partial charge in [-0.25, -0.2) is 0 Å². The molecule has 0 aromatic heterocycles. The van der Waals surface area contributed by atoms with Gasteiger partial charge in [-0.15, -0.1) is 0 Å². The van der Waals surface area contributed by atoms with E-state index in [2.05, 4.69) is 47.2 Å². The summed E-state index contributed by atoms with van der Waals surface area (Å²) in [7, 11) is -1.20. The van der Waals surface area contributed by atoms with Crippen molar-refractivity contribution in [1.82, 2.24) is 0 Å². The van der Waals surface area contributed by atoms with E-state index in [1.54, 1.807) is 22.7 Å². The quantitative estimate of drug-likeness (QED) is 0.582. The van der Waals surface area contributed by atoms with Gasteiger partial charge in [-0.05, 0) is 71.2 Å². The molecule has 1 aromatic rings. The van der Waals surface area contributed by atoms with Crippen LogP contribution in [0.3, 0.4) is 0 Å². The summed E-state index contributed by atoms with van der Waals surface area (Å²) >= 11 is 0. The summed E-state index contributed by atoms with van der Waals surface area (Å²) in [6.45, 7) is 15.0.